The summed E-state index contributed by atoms with van der Waals surface area (Å²) in [6, 6.07) is 1.41. The second-order valence-electron chi connectivity index (χ2n) is 3.73. The van der Waals surface area contributed by atoms with Gasteiger partial charge in [0.2, 0.25) is 0 Å². The van der Waals surface area contributed by atoms with Crippen molar-refractivity contribution in [3.05, 3.63) is 44.4 Å². The number of hydrazine groups is 1. The first-order valence-electron chi connectivity index (χ1n) is 5.21. The van der Waals surface area contributed by atoms with Crippen molar-refractivity contribution in [1.82, 2.24) is 20.1 Å². The van der Waals surface area contributed by atoms with Crippen molar-refractivity contribution in [2.45, 2.75) is 13.5 Å². The van der Waals surface area contributed by atoms with Gasteiger partial charge in [-0.2, -0.15) is 0 Å². The minimum absolute atomic E-state index is 0.0460. The van der Waals surface area contributed by atoms with Crippen LogP contribution in [-0.2, 0) is 6.54 Å². The van der Waals surface area contributed by atoms with Gasteiger partial charge in [-0.1, -0.05) is 5.16 Å². The van der Waals surface area contributed by atoms with Gasteiger partial charge in [-0.05, 0) is 22.9 Å². The summed E-state index contributed by atoms with van der Waals surface area (Å²) in [5, 5.41) is 3.54. The molecule has 8 nitrogen and oxygen atoms in total. The molecular weight excluding hydrogens is 318 g/mol. The molecule has 0 fully saturated rings. The summed E-state index contributed by atoms with van der Waals surface area (Å²) >= 11 is 3.16. The van der Waals surface area contributed by atoms with E-state index in [9.17, 15) is 9.59 Å². The molecular formula is C10H10BrN5O3. The van der Waals surface area contributed by atoms with Crippen molar-refractivity contribution in [2.75, 3.05) is 0 Å². The van der Waals surface area contributed by atoms with Crippen LogP contribution in [0.1, 0.15) is 21.9 Å². The molecule has 0 saturated heterocycles. The number of aryl methyl sites for hydroxylation is 1. The number of carbonyl (C=O) groups excluding carboxylic acids is 1. The molecule has 0 atom stereocenters. The molecule has 0 radical (unpaired) electrons. The van der Waals surface area contributed by atoms with Crippen LogP contribution in [-0.4, -0.2) is 20.6 Å². The van der Waals surface area contributed by atoms with Gasteiger partial charge in [0.05, 0.1) is 18.6 Å². The Morgan fingerprint density at radius 3 is 3.05 bits per heavy atom. The highest BCUT2D eigenvalue weighted by Gasteiger charge is 2.13. The van der Waals surface area contributed by atoms with Crippen LogP contribution in [0.25, 0.3) is 0 Å². The molecule has 9 heteroatoms. The van der Waals surface area contributed by atoms with Gasteiger partial charge in [-0.3, -0.25) is 19.6 Å². The first-order chi connectivity index (χ1) is 9.02. The van der Waals surface area contributed by atoms with Crippen molar-refractivity contribution in [1.29, 1.82) is 0 Å². The highest BCUT2D eigenvalue weighted by Crippen LogP contribution is 2.08. The molecule has 19 heavy (non-hydrogen) atoms. The highest BCUT2D eigenvalue weighted by atomic mass is 79.9. The van der Waals surface area contributed by atoms with E-state index in [1.807, 2.05) is 5.43 Å². The van der Waals surface area contributed by atoms with Gasteiger partial charge in [-0.25, -0.2) is 10.8 Å². The SMILES string of the molecule is Cc1ncn(Cc2cc(C(=O)NN)no2)c(=O)c1Br. The van der Waals surface area contributed by atoms with Gasteiger partial charge in [0.25, 0.3) is 11.5 Å². The minimum Gasteiger partial charge on any atom is -0.359 e. The van der Waals surface area contributed by atoms with Gasteiger partial charge in [-0.15, -0.1) is 0 Å². The van der Waals surface area contributed by atoms with Crippen molar-refractivity contribution < 1.29 is 9.32 Å². The lowest BCUT2D eigenvalue weighted by atomic mass is 10.3. The molecule has 0 aromatic carbocycles. The minimum atomic E-state index is -0.564. The number of carbonyl (C=O) groups is 1. The summed E-state index contributed by atoms with van der Waals surface area (Å²) in [5.41, 5.74) is 2.34. The Hall–Kier alpha value is -2.00. The van der Waals surface area contributed by atoms with Crippen LogP contribution in [0.5, 0.6) is 0 Å². The number of aromatic nitrogens is 3. The maximum Gasteiger partial charge on any atom is 0.287 e. The van der Waals surface area contributed by atoms with E-state index in [0.717, 1.165) is 0 Å². The van der Waals surface area contributed by atoms with E-state index < -0.39 is 5.91 Å². The van der Waals surface area contributed by atoms with Crippen LogP contribution in [0, 0.1) is 6.92 Å². The number of nitrogen functional groups attached to an aromatic ring is 1. The van der Waals surface area contributed by atoms with Crippen molar-refractivity contribution in [3.8, 4) is 0 Å². The number of amides is 1. The predicted octanol–water partition coefficient (Wildman–Crippen LogP) is -0.0460. The first kappa shape index (κ1) is 13.4. The summed E-state index contributed by atoms with van der Waals surface area (Å²) < 4.78 is 6.67. The van der Waals surface area contributed by atoms with Gasteiger partial charge in [0.15, 0.2) is 11.5 Å². The van der Waals surface area contributed by atoms with Crippen molar-refractivity contribution in [3.63, 3.8) is 0 Å². The zero-order chi connectivity index (χ0) is 14.0. The van der Waals surface area contributed by atoms with Crippen LogP contribution in [0.2, 0.25) is 0 Å². The number of nitrogens with zero attached hydrogens (tertiary/aromatic N) is 3. The molecule has 1 amide bonds. The van der Waals surface area contributed by atoms with Crippen LogP contribution < -0.4 is 16.8 Å². The van der Waals surface area contributed by atoms with Gasteiger partial charge >= 0.3 is 0 Å². The molecule has 100 valence electrons. The lowest BCUT2D eigenvalue weighted by Gasteiger charge is -2.03. The highest BCUT2D eigenvalue weighted by molar-refractivity contribution is 9.10. The second kappa shape index (κ2) is 5.33. The van der Waals surface area contributed by atoms with Crippen LogP contribution >= 0.6 is 15.9 Å². The Balaban J connectivity index is 2.27. The van der Waals surface area contributed by atoms with Gasteiger partial charge in [0.1, 0.15) is 4.47 Å². The van der Waals surface area contributed by atoms with E-state index in [2.05, 4.69) is 26.1 Å². The van der Waals surface area contributed by atoms with Crippen LogP contribution in [0.15, 0.2) is 26.2 Å². The Kier molecular flexibility index (Phi) is 3.76. The van der Waals surface area contributed by atoms with E-state index >= 15 is 0 Å². The van der Waals surface area contributed by atoms with Crippen molar-refractivity contribution in [2.24, 2.45) is 5.84 Å². The fourth-order valence-electron chi connectivity index (χ4n) is 1.40. The third kappa shape index (κ3) is 2.71. The first-order valence-corrected chi connectivity index (χ1v) is 6.00. The molecule has 2 aromatic rings. The molecule has 0 saturated carbocycles. The monoisotopic (exact) mass is 327 g/mol. The molecule has 0 aliphatic rings. The molecule has 0 bridgehead atoms. The van der Waals surface area contributed by atoms with Crippen LogP contribution in [0.4, 0.5) is 0 Å². The number of nitrogens with one attached hydrogen (secondary N) is 1. The number of nitrogens with two attached hydrogens (primary N) is 1. The second-order valence-corrected chi connectivity index (χ2v) is 4.52. The van der Waals surface area contributed by atoms with Gasteiger partial charge < -0.3 is 4.52 Å². The third-order valence-electron chi connectivity index (χ3n) is 2.41. The topological polar surface area (TPSA) is 116 Å². The fraction of sp³-hybridized carbons (Fsp3) is 0.200. The maximum absolute atomic E-state index is 11.9. The summed E-state index contributed by atoms with van der Waals surface area (Å²) in [7, 11) is 0. The number of halogens is 1. The normalized spacial score (nSPS) is 10.5. The summed E-state index contributed by atoms with van der Waals surface area (Å²) in [5.74, 6) is 4.76. The Labute approximate surface area is 115 Å². The lowest BCUT2D eigenvalue weighted by molar-refractivity contribution is 0.0944. The molecule has 0 aliphatic heterocycles. The van der Waals surface area contributed by atoms with Crippen LogP contribution in [0.3, 0.4) is 0 Å². The van der Waals surface area contributed by atoms with Gasteiger partial charge in [0, 0.05) is 6.07 Å². The van der Waals surface area contributed by atoms with E-state index in [0.29, 0.717) is 15.9 Å². The third-order valence-corrected chi connectivity index (χ3v) is 3.32. The smallest absolute Gasteiger partial charge is 0.287 e. The molecule has 3 N–H and O–H groups in total. The molecule has 2 rings (SSSR count). The molecule has 0 spiro atoms. The summed E-state index contributed by atoms with van der Waals surface area (Å²) in [4.78, 5) is 27.2. The Bertz CT molecular complexity index is 678. The standard InChI is InChI=1S/C10H10BrN5O3/c1-5-8(11)10(18)16(4-13-5)3-6-2-7(15-19-6)9(17)14-12/h2,4H,3,12H2,1H3,(H,14,17). The Morgan fingerprint density at radius 2 is 2.37 bits per heavy atom. The predicted molar refractivity (Wildman–Crippen MR) is 68.2 cm³/mol. The van der Waals surface area contributed by atoms with E-state index in [1.165, 1.54) is 17.0 Å². The average molecular weight is 328 g/mol. The van der Waals surface area contributed by atoms with E-state index in [1.54, 1.807) is 6.92 Å². The number of hydrogen-bond acceptors (Lipinski definition) is 6. The zero-order valence-corrected chi connectivity index (χ0v) is 11.5. The van der Waals surface area contributed by atoms with Crippen molar-refractivity contribution >= 4 is 21.8 Å². The number of hydrogen-bond donors (Lipinski definition) is 2. The maximum atomic E-state index is 11.9. The molecule has 2 aromatic heterocycles. The van der Waals surface area contributed by atoms with E-state index in [4.69, 9.17) is 10.4 Å². The summed E-state index contributed by atoms with van der Waals surface area (Å²) in [6.45, 7) is 1.84. The van der Waals surface area contributed by atoms with E-state index in [-0.39, 0.29) is 17.8 Å². The zero-order valence-electron chi connectivity index (χ0n) is 9.88. The summed E-state index contributed by atoms with van der Waals surface area (Å²) in [6.07, 6.45) is 1.40. The Morgan fingerprint density at radius 1 is 1.63 bits per heavy atom. The fourth-order valence-corrected chi connectivity index (χ4v) is 1.73. The number of rotatable bonds is 3. The molecule has 2 heterocycles. The average Bonchev–Trinajstić information content (AvgIpc) is 2.87. The quantitative estimate of drug-likeness (QED) is 0.464. The molecule has 0 unspecified atom stereocenters. The molecule has 0 aliphatic carbocycles. The largest absolute Gasteiger partial charge is 0.359 e. The lowest BCUT2D eigenvalue weighted by Crippen LogP contribution is -2.30.